The highest BCUT2D eigenvalue weighted by Gasteiger charge is 2.26. The van der Waals surface area contributed by atoms with Crippen molar-refractivity contribution in [1.29, 1.82) is 0 Å². The Morgan fingerprint density at radius 1 is 0.914 bits per heavy atom. The maximum atomic E-state index is 12.9. The van der Waals surface area contributed by atoms with E-state index < -0.39 is 32.1 Å². The van der Waals surface area contributed by atoms with Crippen LogP contribution in [0.1, 0.15) is 41.5 Å². The standard InChI is InChI=1S/C24H34N2O7S2/c1-16-10-12-20(13-11-16)34(28,29)26-21(24(27)33-6)9-7-8-14-25-35(30,31)23-17(2)15-22(32-5)18(3)19(23)4/h10-13,15,21,25-26H,7-9,14H2,1-6H3/t21-/m0/s1. The van der Waals surface area contributed by atoms with Crippen LogP contribution in [0.15, 0.2) is 40.1 Å². The molecule has 0 radical (unpaired) electrons. The van der Waals surface area contributed by atoms with Crippen molar-refractivity contribution < 1.29 is 31.1 Å². The quantitative estimate of drug-likeness (QED) is 0.321. The van der Waals surface area contributed by atoms with Crippen molar-refractivity contribution in [2.45, 2.75) is 62.8 Å². The van der Waals surface area contributed by atoms with Gasteiger partial charge in [0.2, 0.25) is 20.0 Å². The Kier molecular flexibility index (Phi) is 9.85. The smallest absolute Gasteiger partial charge is 0.323 e. The molecule has 0 aliphatic heterocycles. The summed E-state index contributed by atoms with van der Waals surface area (Å²) in [5, 5.41) is 0. The number of nitrogens with one attached hydrogen (secondary N) is 2. The average molecular weight is 527 g/mol. The minimum absolute atomic E-state index is 0.0466. The molecule has 0 amide bonds. The van der Waals surface area contributed by atoms with Gasteiger partial charge in [-0.1, -0.05) is 17.7 Å². The number of hydrogen-bond donors (Lipinski definition) is 2. The Labute approximate surface area is 208 Å². The molecular weight excluding hydrogens is 492 g/mol. The van der Waals surface area contributed by atoms with E-state index in [9.17, 15) is 21.6 Å². The zero-order valence-electron chi connectivity index (χ0n) is 21.0. The second-order valence-electron chi connectivity index (χ2n) is 8.38. The van der Waals surface area contributed by atoms with Gasteiger partial charge in [0.05, 0.1) is 24.0 Å². The van der Waals surface area contributed by atoms with E-state index in [1.807, 2.05) is 6.92 Å². The van der Waals surface area contributed by atoms with E-state index in [-0.39, 0.29) is 22.8 Å². The molecule has 2 rings (SSSR count). The van der Waals surface area contributed by atoms with E-state index in [0.29, 0.717) is 29.7 Å². The molecule has 194 valence electrons. The fraction of sp³-hybridized carbons (Fsp3) is 0.458. The second kappa shape index (κ2) is 12.0. The highest BCUT2D eigenvalue weighted by atomic mass is 32.2. The summed E-state index contributed by atoms with van der Waals surface area (Å²) in [5.74, 6) is -0.0814. The first-order valence-corrected chi connectivity index (χ1v) is 14.1. The average Bonchev–Trinajstić information content (AvgIpc) is 2.79. The zero-order chi connectivity index (χ0) is 26.4. The van der Waals surface area contributed by atoms with Crippen LogP contribution in [0.2, 0.25) is 0 Å². The molecule has 2 aromatic rings. The second-order valence-corrected chi connectivity index (χ2v) is 11.8. The number of esters is 1. The summed E-state index contributed by atoms with van der Waals surface area (Å²) in [4.78, 5) is 12.4. The number of benzene rings is 2. The summed E-state index contributed by atoms with van der Waals surface area (Å²) >= 11 is 0. The van der Waals surface area contributed by atoms with Crippen LogP contribution in [0.4, 0.5) is 0 Å². The van der Waals surface area contributed by atoms with Gasteiger partial charge in [0.15, 0.2) is 0 Å². The predicted octanol–water partition coefficient (Wildman–Crippen LogP) is 2.90. The number of carbonyl (C=O) groups is 1. The lowest BCUT2D eigenvalue weighted by Gasteiger charge is -2.18. The van der Waals surface area contributed by atoms with Gasteiger partial charge < -0.3 is 9.47 Å². The maximum Gasteiger partial charge on any atom is 0.323 e. The lowest BCUT2D eigenvalue weighted by molar-refractivity contribution is -0.142. The van der Waals surface area contributed by atoms with E-state index >= 15 is 0 Å². The first-order valence-electron chi connectivity index (χ1n) is 11.1. The van der Waals surface area contributed by atoms with Crippen molar-refractivity contribution in [3.63, 3.8) is 0 Å². The van der Waals surface area contributed by atoms with Gasteiger partial charge in [-0.3, -0.25) is 4.79 Å². The Bertz CT molecular complexity index is 1260. The SMILES string of the molecule is COC(=O)[C@H](CCCCNS(=O)(=O)c1c(C)cc(OC)c(C)c1C)NS(=O)(=O)c1ccc(C)cc1. The van der Waals surface area contributed by atoms with Gasteiger partial charge >= 0.3 is 5.97 Å². The van der Waals surface area contributed by atoms with Crippen molar-refractivity contribution in [3.05, 3.63) is 52.6 Å². The number of sulfonamides is 2. The third-order valence-electron chi connectivity index (χ3n) is 5.79. The molecule has 2 aromatic carbocycles. The number of methoxy groups -OCH3 is 2. The van der Waals surface area contributed by atoms with Crippen LogP contribution in [0, 0.1) is 27.7 Å². The molecule has 0 aliphatic rings. The monoisotopic (exact) mass is 526 g/mol. The third kappa shape index (κ3) is 7.26. The van der Waals surface area contributed by atoms with Crippen LogP contribution < -0.4 is 14.2 Å². The molecule has 0 fully saturated rings. The number of carbonyl (C=O) groups excluding carboxylic acids is 1. The first-order chi connectivity index (χ1) is 16.3. The number of aryl methyl sites for hydroxylation is 2. The van der Waals surface area contributed by atoms with Crippen LogP contribution >= 0.6 is 0 Å². The van der Waals surface area contributed by atoms with Gasteiger partial charge in [0.25, 0.3) is 0 Å². The van der Waals surface area contributed by atoms with Crippen LogP contribution in [-0.2, 0) is 29.6 Å². The van der Waals surface area contributed by atoms with E-state index in [0.717, 1.165) is 11.1 Å². The van der Waals surface area contributed by atoms with Gasteiger partial charge in [-0.15, -0.1) is 0 Å². The van der Waals surface area contributed by atoms with Crippen LogP contribution in [0.3, 0.4) is 0 Å². The highest BCUT2D eigenvalue weighted by molar-refractivity contribution is 7.89. The molecule has 0 saturated heterocycles. The molecule has 9 nitrogen and oxygen atoms in total. The molecule has 0 heterocycles. The summed E-state index contributed by atoms with van der Waals surface area (Å²) in [6.07, 6.45) is 0.934. The van der Waals surface area contributed by atoms with Crippen LogP contribution in [0.5, 0.6) is 5.75 Å². The summed E-state index contributed by atoms with van der Waals surface area (Å²) in [6, 6.07) is 6.87. The van der Waals surface area contributed by atoms with Gasteiger partial charge in [-0.2, -0.15) is 4.72 Å². The molecule has 0 aliphatic carbocycles. The Balaban J connectivity index is 2.01. The molecule has 11 heteroatoms. The maximum absolute atomic E-state index is 12.9. The summed E-state index contributed by atoms with van der Waals surface area (Å²) in [5.41, 5.74) is 2.85. The molecule has 2 N–H and O–H groups in total. The molecule has 0 saturated carbocycles. The van der Waals surface area contributed by atoms with Gasteiger partial charge in [-0.25, -0.2) is 21.6 Å². The number of ether oxygens (including phenoxy) is 2. The molecule has 0 bridgehead atoms. The Morgan fingerprint density at radius 3 is 2.11 bits per heavy atom. The van der Waals surface area contributed by atoms with Crippen LogP contribution in [-0.4, -0.2) is 49.6 Å². The van der Waals surface area contributed by atoms with Gasteiger partial charge in [0, 0.05) is 6.54 Å². The molecule has 0 unspecified atom stereocenters. The van der Waals surface area contributed by atoms with Crippen molar-refractivity contribution in [2.75, 3.05) is 20.8 Å². The summed E-state index contributed by atoms with van der Waals surface area (Å²) in [7, 11) is -4.97. The highest BCUT2D eigenvalue weighted by Crippen LogP contribution is 2.30. The third-order valence-corrected chi connectivity index (χ3v) is 9.03. The number of hydrogen-bond acceptors (Lipinski definition) is 7. The molecule has 1 atom stereocenters. The largest absolute Gasteiger partial charge is 0.496 e. The number of unbranched alkanes of at least 4 members (excludes halogenated alkanes) is 1. The Morgan fingerprint density at radius 2 is 1.54 bits per heavy atom. The molecule has 35 heavy (non-hydrogen) atoms. The zero-order valence-corrected chi connectivity index (χ0v) is 22.6. The minimum Gasteiger partial charge on any atom is -0.496 e. The summed E-state index contributed by atoms with van der Waals surface area (Å²) in [6.45, 7) is 7.22. The summed E-state index contributed by atoms with van der Waals surface area (Å²) < 4.78 is 66.2. The van der Waals surface area contributed by atoms with Gasteiger partial charge in [-0.05, 0) is 81.8 Å². The number of rotatable bonds is 12. The molecular formula is C24H34N2O7S2. The van der Waals surface area contributed by atoms with Gasteiger partial charge in [0.1, 0.15) is 11.8 Å². The topological polar surface area (TPSA) is 128 Å². The van der Waals surface area contributed by atoms with E-state index in [1.54, 1.807) is 39.0 Å². The minimum atomic E-state index is -3.93. The normalized spacial score (nSPS) is 12.9. The molecule has 0 spiro atoms. The van der Waals surface area contributed by atoms with Crippen molar-refractivity contribution >= 4 is 26.0 Å². The van der Waals surface area contributed by atoms with Crippen LogP contribution in [0.25, 0.3) is 0 Å². The van der Waals surface area contributed by atoms with Crippen molar-refractivity contribution in [1.82, 2.24) is 9.44 Å². The van der Waals surface area contributed by atoms with E-state index in [1.165, 1.54) is 26.4 Å². The van der Waals surface area contributed by atoms with Crippen molar-refractivity contribution in [3.8, 4) is 5.75 Å². The fourth-order valence-electron chi connectivity index (χ4n) is 3.74. The van der Waals surface area contributed by atoms with E-state index in [4.69, 9.17) is 9.47 Å². The van der Waals surface area contributed by atoms with Crippen molar-refractivity contribution in [2.24, 2.45) is 0 Å². The Hall–Kier alpha value is -2.47. The predicted molar refractivity (Wildman–Crippen MR) is 134 cm³/mol. The lowest BCUT2D eigenvalue weighted by atomic mass is 10.1. The fourth-order valence-corrected chi connectivity index (χ4v) is 6.55. The van der Waals surface area contributed by atoms with E-state index in [2.05, 4.69) is 9.44 Å². The molecule has 0 aromatic heterocycles. The first kappa shape index (κ1) is 28.8. The lowest BCUT2D eigenvalue weighted by Crippen LogP contribution is -2.41.